The fraction of sp³-hybridized carbons (Fsp3) is 0.143. The fourth-order valence-corrected chi connectivity index (χ4v) is 3.61. The van der Waals surface area contributed by atoms with Gasteiger partial charge < -0.3 is 9.47 Å². The Bertz CT molecular complexity index is 1040. The molecule has 4 rings (SSSR count). The van der Waals surface area contributed by atoms with Gasteiger partial charge >= 0.3 is 5.97 Å². The van der Waals surface area contributed by atoms with Crippen molar-refractivity contribution in [1.82, 2.24) is 4.98 Å². The lowest BCUT2D eigenvalue weighted by atomic mass is 9.93. The first-order chi connectivity index (χ1) is 13.0. The third kappa shape index (κ3) is 3.45. The summed E-state index contributed by atoms with van der Waals surface area (Å²) in [5.41, 5.74) is 3.21. The zero-order chi connectivity index (χ0) is 19.0. The van der Waals surface area contributed by atoms with Crippen molar-refractivity contribution in [3.63, 3.8) is 0 Å². The molecule has 0 bridgehead atoms. The van der Waals surface area contributed by atoms with E-state index in [1.165, 1.54) is 13.2 Å². The molecule has 136 valence electrons. The van der Waals surface area contributed by atoms with E-state index in [0.29, 0.717) is 29.0 Å². The Balaban J connectivity index is 1.66. The minimum Gasteiger partial charge on any atom is -0.481 e. The number of rotatable bonds is 3. The average Bonchev–Trinajstić information content (AvgIpc) is 2.67. The van der Waals surface area contributed by atoms with Gasteiger partial charge in [-0.2, -0.15) is 0 Å². The number of halogens is 2. The molecule has 0 radical (unpaired) electrons. The first kappa shape index (κ1) is 17.7. The van der Waals surface area contributed by atoms with Crippen molar-refractivity contribution in [1.29, 1.82) is 0 Å². The molecule has 27 heavy (non-hydrogen) atoms. The monoisotopic (exact) mass is 427 g/mol. The highest BCUT2D eigenvalue weighted by Crippen LogP contribution is 2.34. The number of esters is 1. The maximum Gasteiger partial charge on any atom is 0.339 e. The van der Waals surface area contributed by atoms with Gasteiger partial charge in [0, 0.05) is 28.7 Å². The molecule has 1 aliphatic heterocycles. The summed E-state index contributed by atoms with van der Waals surface area (Å²) in [7, 11) is 1.53. The molecule has 1 aromatic heterocycles. The highest BCUT2D eigenvalue weighted by atomic mass is 79.9. The van der Waals surface area contributed by atoms with Crippen molar-refractivity contribution in [3.8, 4) is 17.0 Å². The Kier molecular flexibility index (Phi) is 4.66. The topological polar surface area (TPSA) is 48.4 Å². The molecule has 0 fully saturated rings. The summed E-state index contributed by atoms with van der Waals surface area (Å²) in [4.78, 5) is 16.3. The molecule has 1 atom stereocenters. The van der Waals surface area contributed by atoms with Crippen LogP contribution in [0.2, 0.25) is 0 Å². The molecule has 0 amide bonds. The highest BCUT2D eigenvalue weighted by Gasteiger charge is 2.29. The molecular weight excluding hydrogens is 413 g/mol. The molecule has 2 heterocycles. The molecule has 1 aliphatic rings. The number of cyclic esters (lactones) is 1. The van der Waals surface area contributed by atoms with E-state index in [0.717, 1.165) is 15.6 Å². The third-order valence-corrected chi connectivity index (χ3v) is 5.06. The zero-order valence-electron chi connectivity index (χ0n) is 14.4. The van der Waals surface area contributed by atoms with Gasteiger partial charge in [-0.1, -0.05) is 28.1 Å². The molecule has 0 saturated carbocycles. The summed E-state index contributed by atoms with van der Waals surface area (Å²) < 4.78 is 26.3. The SMILES string of the molecule is COc1cc(-c2ccc(C3Cc4cc(Br)ccc4C(=O)O3)c(F)c2)ccn1. The van der Waals surface area contributed by atoms with Gasteiger partial charge in [-0.15, -0.1) is 0 Å². The van der Waals surface area contributed by atoms with E-state index in [4.69, 9.17) is 9.47 Å². The lowest BCUT2D eigenvalue weighted by Gasteiger charge is -2.25. The predicted octanol–water partition coefficient (Wildman–Crippen LogP) is 5.11. The van der Waals surface area contributed by atoms with Crippen LogP contribution in [0, 0.1) is 5.82 Å². The van der Waals surface area contributed by atoms with E-state index in [1.807, 2.05) is 6.07 Å². The van der Waals surface area contributed by atoms with Crippen LogP contribution in [0.25, 0.3) is 11.1 Å². The summed E-state index contributed by atoms with van der Waals surface area (Å²) in [6, 6.07) is 13.8. The van der Waals surface area contributed by atoms with Crippen LogP contribution in [0.5, 0.6) is 5.88 Å². The standard InChI is InChI=1S/C21H15BrFNO3/c1-26-20-11-13(6-7-24-20)12-2-4-17(18(23)9-12)19-10-14-8-15(22)3-5-16(14)21(25)27-19/h2-9,11,19H,10H2,1H3. The molecule has 0 N–H and O–H groups in total. The van der Waals surface area contributed by atoms with Gasteiger partial charge in [0.1, 0.15) is 11.9 Å². The Morgan fingerprint density at radius 2 is 1.96 bits per heavy atom. The molecule has 4 nitrogen and oxygen atoms in total. The second-order valence-corrected chi connectivity index (χ2v) is 7.14. The number of nitrogens with zero attached hydrogens (tertiary/aromatic N) is 1. The van der Waals surface area contributed by atoms with Crippen molar-refractivity contribution in [3.05, 3.63) is 81.7 Å². The zero-order valence-corrected chi connectivity index (χ0v) is 16.0. The maximum atomic E-state index is 14.8. The first-order valence-electron chi connectivity index (χ1n) is 8.34. The number of aromatic nitrogens is 1. The van der Waals surface area contributed by atoms with Crippen LogP contribution in [0.1, 0.15) is 27.6 Å². The van der Waals surface area contributed by atoms with Crippen LogP contribution in [0.15, 0.2) is 59.2 Å². The maximum absolute atomic E-state index is 14.8. The number of hydrogen-bond acceptors (Lipinski definition) is 4. The smallest absolute Gasteiger partial charge is 0.339 e. The Morgan fingerprint density at radius 3 is 2.74 bits per heavy atom. The molecule has 0 aliphatic carbocycles. The van der Waals surface area contributed by atoms with Gasteiger partial charge in [0.15, 0.2) is 0 Å². The Hall–Kier alpha value is -2.73. The van der Waals surface area contributed by atoms with Gasteiger partial charge in [-0.25, -0.2) is 14.2 Å². The average molecular weight is 428 g/mol. The fourth-order valence-electron chi connectivity index (χ4n) is 3.21. The van der Waals surface area contributed by atoms with E-state index in [-0.39, 0.29) is 0 Å². The summed E-state index contributed by atoms with van der Waals surface area (Å²) in [5.74, 6) is -0.393. The van der Waals surface area contributed by atoms with Gasteiger partial charge in [-0.05, 0) is 47.0 Å². The van der Waals surface area contributed by atoms with E-state index >= 15 is 0 Å². The van der Waals surface area contributed by atoms with Crippen LogP contribution in [0.3, 0.4) is 0 Å². The van der Waals surface area contributed by atoms with Crippen LogP contribution < -0.4 is 4.74 Å². The van der Waals surface area contributed by atoms with Gasteiger partial charge in [-0.3, -0.25) is 0 Å². The first-order valence-corrected chi connectivity index (χ1v) is 9.13. The molecule has 0 saturated heterocycles. The lowest BCUT2D eigenvalue weighted by Crippen LogP contribution is -2.22. The number of ether oxygens (including phenoxy) is 2. The number of carbonyl (C=O) groups is 1. The van der Waals surface area contributed by atoms with Gasteiger partial charge in [0.2, 0.25) is 5.88 Å². The summed E-state index contributed by atoms with van der Waals surface area (Å²) in [6.45, 7) is 0. The van der Waals surface area contributed by atoms with Crippen molar-refractivity contribution in [2.24, 2.45) is 0 Å². The number of methoxy groups -OCH3 is 1. The summed E-state index contributed by atoms with van der Waals surface area (Å²) >= 11 is 3.41. The number of hydrogen-bond donors (Lipinski definition) is 0. The molecule has 0 spiro atoms. The van der Waals surface area contributed by atoms with E-state index in [9.17, 15) is 9.18 Å². The number of benzene rings is 2. The van der Waals surface area contributed by atoms with Crippen LogP contribution in [0.4, 0.5) is 4.39 Å². The van der Waals surface area contributed by atoms with Crippen LogP contribution >= 0.6 is 15.9 Å². The second-order valence-electron chi connectivity index (χ2n) is 6.22. The van der Waals surface area contributed by atoms with Crippen LogP contribution in [-0.2, 0) is 11.2 Å². The molecule has 2 aromatic carbocycles. The number of fused-ring (bicyclic) bond motifs is 1. The molecule has 6 heteroatoms. The van der Waals surface area contributed by atoms with E-state index < -0.39 is 17.9 Å². The van der Waals surface area contributed by atoms with E-state index in [1.54, 1.807) is 42.6 Å². The Labute approximate surface area is 164 Å². The third-order valence-electron chi connectivity index (χ3n) is 4.57. The highest BCUT2D eigenvalue weighted by molar-refractivity contribution is 9.10. The summed E-state index contributed by atoms with van der Waals surface area (Å²) in [5, 5.41) is 0. The lowest BCUT2D eigenvalue weighted by molar-refractivity contribution is 0.0245. The molecule has 3 aromatic rings. The van der Waals surface area contributed by atoms with Crippen molar-refractivity contribution >= 4 is 21.9 Å². The van der Waals surface area contributed by atoms with Crippen molar-refractivity contribution in [2.45, 2.75) is 12.5 Å². The van der Waals surface area contributed by atoms with Crippen molar-refractivity contribution < 1.29 is 18.7 Å². The molecular formula is C21H15BrFNO3. The molecule has 1 unspecified atom stereocenters. The normalized spacial score (nSPS) is 15.8. The second kappa shape index (κ2) is 7.12. The minimum atomic E-state index is -0.652. The van der Waals surface area contributed by atoms with Crippen molar-refractivity contribution in [2.75, 3.05) is 7.11 Å². The quantitative estimate of drug-likeness (QED) is 0.544. The minimum absolute atomic E-state index is 0.360. The predicted molar refractivity (Wildman–Crippen MR) is 102 cm³/mol. The van der Waals surface area contributed by atoms with E-state index in [2.05, 4.69) is 20.9 Å². The van der Waals surface area contributed by atoms with Gasteiger partial charge in [0.25, 0.3) is 0 Å². The van der Waals surface area contributed by atoms with Gasteiger partial charge in [0.05, 0.1) is 12.7 Å². The Morgan fingerprint density at radius 1 is 1.15 bits per heavy atom. The number of pyridine rings is 1. The summed E-state index contributed by atoms with van der Waals surface area (Å²) in [6.07, 6.45) is 1.39. The number of carbonyl (C=O) groups excluding carboxylic acids is 1. The largest absolute Gasteiger partial charge is 0.481 e. The van der Waals surface area contributed by atoms with Crippen LogP contribution in [-0.4, -0.2) is 18.1 Å².